The minimum absolute atomic E-state index is 0.394. The van der Waals surface area contributed by atoms with E-state index in [1.54, 1.807) is 0 Å². The molecule has 0 aromatic heterocycles. The number of rotatable bonds is 3. The average Bonchev–Trinajstić information content (AvgIpc) is 1.87. The van der Waals surface area contributed by atoms with Crippen molar-refractivity contribution < 1.29 is 1.37 Å². The standard InChI is InChI=1S/C8H13Br/c1-2-3-4-5-6-7-8-9/h2-5,8H2,1H3/i8D. The molecule has 0 saturated carbocycles. The van der Waals surface area contributed by atoms with E-state index in [0.29, 0.717) is 0 Å². The minimum atomic E-state index is -0.394. The van der Waals surface area contributed by atoms with Gasteiger partial charge in [0.05, 0.1) is 6.68 Å². The Morgan fingerprint density at radius 3 is 2.78 bits per heavy atom. The van der Waals surface area contributed by atoms with Gasteiger partial charge in [-0.05, 0) is 6.42 Å². The van der Waals surface area contributed by atoms with Gasteiger partial charge in [-0.3, -0.25) is 0 Å². The molecular formula is C8H13Br. The van der Waals surface area contributed by atoms with Gasteiger partial charge in [-0.1, -0.05) is 41.6 Å². The molecule has 0 aromatic carbocycles. The number of halogens is 1. The molecule has 1 atom stereocenters. The molecule has 9 heavy (non-hydrogen) atoms. The van der Waals surface area contributed by atoms with Crippen molar-refractivity contribution >= 4 is 15.9 Å². The Hall–Kier alpha value is 0.0400. The van der Waals surface area contributed by atoms with Gasteiger partial charge in [-0.2, -0.15) is 0 Å². The monoisotopic (exact) mass is 189 g/mol. The van der Waals surface area contributed by atoms with Crippen LogP contribution in [0.25, 0.3) is 0 Å². The van der Waals surface area contributed by atoms with Crippen LogP contribution in [0.1, 0.15) is 34.0 Å². The minimum Gasteiger partial charge on any atom is -0.102 e. The third-order valence-corrected chi connectivity index (χ3v) is 1.29. The average molecular weight is 190 g/mol. The normalized spacial score (nSPS) is 13.3. The number of alkyl halides is 1. The van der Waals surface area contributed by atoms with Gasteiger partial charge in [0.2, 0.25) is 0 Å². The zero-order valence-electron chi connectivity index (χ0n) is 6.78. The van der Waals surface area contributed by atoms with E-state index in [9.17, 15) is 0 Å². The van der Waals surface area contributed by atoms with Crippen LogP contribution in [0.3, 0.4) is 0 Å². The fourth-order valence-corrected chi connectivity index (χ4v) is 0.736. The molecular weight excluding hydrogens is 176 g/mol. The van der Waals surface area contributed by atoms with Gasteiger partial charge in [0.25, 0.3) is 0 Å². The summed E-state index contributed by atoms with van der Waals surface area (Å²) in [5, 5.41) is -0.394. The highest BCUT2D eigenvalue weighted by molar-refractivity contribution is 9.09. The molecule has 0 bridgehead atoms. The van der Waals surface area contributed by atoms with Gasteiger partial charge in [-0.25, -0.2) is 0 Å². The van der Waals surface area contributed by atoms with Crippen LogP contribution in [0.4, 0.5) is 0 Å². The summed E-state index contributed by atoms with van der Waals surface area (Å²) in [5.74, 6) is 5.67. The lowest BCUT2D eigenvalue weighted by Gasteiger charge is -1.87. The summed E-state index contributed by atoms with van der Waals surface area (Å²) in [4.78, 5) is 0. The van der Waals surface area contributed by atoms with Crippen LogP contribution in [-0.4, -0.2) is 5.31 Å². The number of unbranched alkanes of at least 4 members (excludes halogenated alkanes) is 3. The van der Waals surface area contributed by atoms with Crippen molar-refractivity contribution in [1.29, 1.82) is 0 Å². The van der Waals surface area contributed by atoms with Gasteiger partial charge in [0.15, 0.2) is 0 Å². The van der Waals surface area contributed by atoms with Crippen molar-refractivity contribution in [3.63, 3.8) is 0 Å². The molecule has 0 radical (unpaired) electrons. The Morgan fingerprint density at radius 2 is 2.22 bits per heavy atom. The Bertz CT molecular complexity index is 121. The second-order valence-corrected chi connectivity index (χ2v) is 2.35. The maximum absolute atomic E-state index is 7.00. The smallest absolute Gasteiger partial charge is 0.0645 e. The summed E-state index contributed by atoms with van der Waals surface area (Å²) in [6, 6.07) is 0. The van der Waals surface area contributed by atoms with Gasteiger partial charge in [-0.15, -0.1) is 5.92 Å². The molecule has 0 fully saturated rings. The van der Waals surface area contributed by atoms with Crippen LogP contribution >= 0.6 is 15.9 Å². The Balaban J connectivity index is 3.12. The van der Waals surface area contributed by atoms with E-state index in [2.05, 4.69) is 34.7 Å². The molecule has 0 nitrogen and oxygen atoms in total. The maximum atomic E-state index is 7.00. The summed E-state index contributed by atoms with van der Waals surface area (Å²) < 4.78 is 7.00. The Labute approximate surface area is 67.6 Å². The van der Waals surface area contributed by atoms with Gasteiger partial charge >= 0.3 is 0 Å². The molecule has 0 aliphatic heterocycles. The van der Waals surface area contributed by atoms with Crippen LogP contribution < -0.4 is 0 Å². The van der Waals surface area contributed by atoms with Crippen molar-refractivity contribution in [2.75, 3.05) is 5.31 Å². The second kappa shape index (κ2) is 8.04. The molecule has 1 unspecified atom stereocenters. The largest absolute Gasteiger partial charge is 0.102 e. The van der Waals surface area contributed by atoms with Crippen molar-refractivity contribution in [1.82, 2.24) is 0 Å². The van der Waals surface area contributed by atoms with E-state index in [-0.39, 0.29) is 0 Å². The third kappa shape index (κ3) is 8.04. The Morgan fingerprint density at radius 1 is 1.44 bits per heavy atom. The fourth-order valence-electron chi connectivity index (χ4n) is 0.574. The molecule has 1 heteroatoms. The first-order valence-electron chi connectivity index (χ1n) is 3.89. The zero-order chi connectivity index (χ0) is 7.82. The number of hydrogen-bond donors (Lipinski definition) is 0. The van der Waals surface area contributed by atoms with Crippen molar-refractivity contribution in [2.24, 2.45) is 0 Å². The first-order chi connectivity index (χ1) is 4.77. The van der Waals surface area contributed by atoms with E-state index < -0.39 is 5.31 Å². The van der Waals surface area contributed by atoms with Crippen molar-refractivity contribution in [2.45, 2.75) is 32.6 Å². The summed E-state index contributed by atoms with van der Waals surface area (Å²) in [6.45, 7) is 2.17. The van der Waals surface area contributed by atoms with Crippen LogP contribution in [-0.2, 0) is 0 Å². The van der Waals surface area contributed by atoms with E-state index >= 15 is 0 Å². The first-order valence-corrected chi connectivity index (χ1v) is 4.23. The van der Waals surface area contributed by atoms with Crippen molar-refractivity contribution in [3.8, 4) is 11.8 Å². The van der Waals surface area contributed by atoms with Crippen molar-refractivity contribution in [3.05, 3.63) is 0 Å². The molecule has 0 rings (SSSR count). The van der Waals surface area contributed by atoms with Gasteiger partial charge in [0, 0.05) is 6.42 Å². The highest BCUT2D eigenvalue weighted by atomic mass is 79.9. The van der Waals surface area contributed by atoms with Gasteiger partial charge in [0.1, 0.15) is 0 Å². The van der Waals surface area contributed by atoms with E-state index in [1.807, 2.05) is 0 Å². The van der Waals surface area contributed by atoms with E-state index in [1.165, 1.54) is 19.3 Å². The van der Waals surface area contributed by atoms with E-state index in [0.717, 1.165) is 6.42 Å². The van der Waals surface area contributed by atoms with Crippen LogP contribution in [0, 0.1) is 11.8 Å². The fraction of sp³-hybridized carbons (Fsp3) is 0.750. The van der Waals surface area contributed by atoms with Crippen LogP contribution in [0.15, 0.2) is 0 Å². The third-order valence-electron chi connectivity index (χ3n) is 1.06. The molecule has 52 valence electrons. The molecule has 0 saturated heterocycles. The maximum Gasteiger partial charge on any atom is 0.0645 e. The molecule has 0 aliphatic carbocycles. The summed E-state index contributed by atoms with van der Waals surface area (Å²) in [7, 11) is 0. The highest BCUT2D eigenvalue weighted by Gasteiger charge is 1.79. The SMILES string of the molecule is [2H]C(Br)C#CCCCCC. The Kier molecular flexibility index (Phi) is 6.39. The number of hydrogen-bond acceptors (Lipinski definition) is 0. The molecule has 0 aliphatic rings. The first kappa shape index (κ1) is 7.15. The lowest BCUT2D eigenvalue weighted by molar-refractivity contribution is 0.737. The predicted octanol–water partition coefficient (Wildman–Crippen LogP) is 2.97. The summed E-state index contributed by atoms with van der Waals surface area (Å²) in [5.41, 5.74) is 0. The van der Waals surface area contributed by atoms with Crippen LogP contribution in [0.5, 0.6) is 0 Å². The van der Waals surface area contributed by atoms with E-state index in [4.69, 9.17) is 1.37 Å². The highest BCUT2D eigenvalue weighted by Crippen LogP contribution is 1.96. The molecule has 0 amide bonds. The van der Waals surface area contributed by atoms with Crippen LogP contribution in [0.2, 0.25) is 0 Å². The topological polar surface area (TPSA) is 0 Å². The summed E-state index contributed by atoms with van der Waals surface area (Å²) >= 11 is 3.04. The molecule has 0 aromatic rings. The lowest BCUT2D eigenvalue weighted by Crippen LogP contribution is -1.70. The lowest BCUT2D eigenvalue weighted by atomic mass is 10.2. The second-order valence-electron chi connectivity index (χ2n) is 1.89. The predicted molar refractivity (Wildman–Crippen MR) is 45.7 cm³/mol. The molecule has 0 N–H and O–H groups in total. The van der Waals surface area contributed by atoms with Gasteiger partial charge < -0.3 is 0 Å². The zero-order valence-corrected chi connectivity index (χ0v) is 7.37. The quantitative estimate of drug-likeness (QED) is 0.364. The summed E-state index contributed by atoms with van der Waals surface area (Å²) in [6.07, 6.45) is 4.60. The molecule has 0 spiro atoms. The molecule has 0 heterocycles.